The molecule has 2 aliphatic carbocycles. The molecule has 0 amide bonds. The molecular weight excluding hydrogens is 409 g/mol. The number of rotatable bonds is 2. The van der Waals surface area contributed by atoms with Crippen molar-refractivity contribution in [3.05, 3.63) is 49.9 Å². The first-order chi connectivity index (χ1) is 14.6. The summed E-state index contributed by atoms with van der Waals surface area (Å²) in [5.74, 6) is -4.31. The molecule has 166 valence electrons. The summed E-state index contributed by atoms with van der Waals surface area (Å²) in [6, 6.07) is -1.35. The van der Waals surface area contributed by atoms with E-state index in [1.165, 1.54) is 13.0 Å². The largest absolute Gasteiger partial charge is 0.368 e. The molecule has 3 aliphatic rings. The first-order valence-corrected chi connectivity index (χ1v) is 10.6. The van der Waals surface area contributed by atoms with Crippen molar-refractivity contribution in [3.63, 3.8) is 0 Å². The van der Waals surface area contributed by atoms with Gasteiger partial charge in [-0.25, -0.2) is 18.0 Å². The second-order valence-electron chi connectivity index (χ2n) is 9.15. The van der Waals surface area contributed by atoms with Gasteiger partial charge in [0.2, 0.25) is 0 Å². The molecule has 5 rings (SSSR count). The average Bonchev–Trinajstić information content (AvgIpc) is 3.46. The van der Waals surface area contributed by atoms with E-state index in [4.69, 9.17) is 5.73 Å². The van der Waals surface area contributed by atoms with Crippen LogP contribution in [0.1, 0.15) is 36.4 Å². The molecule has 0 radical (unpaired) electrons. The summed E-state index contributed by atoms with van der Waals surface area (Å²) in [7, 11) is 0. The molecule has 6 nitrogen and oxygen atoms in total. The summed E-state index contributed by atoms with van der Waals surface area (Å²) in [6.45, 7) is 3.75. The van der Waals surface area contributed by atoms with Crippen molar-refractivity contribution in [1.82, 2.24) is 9.55 Å². The van der Waals surface area contributed by atoms with Crippen LogP contribution in [-0.2, 0) is 0 Å². The van der Waals surface area contributed by atoms with Gasteiger partial charge in [-0.2, -0.15) is 0 Å². The molecule has 0 spiro atoms. The topological polar surface area (TPSA) is 84.1 Å². The predicted molar refractivity (Wildman–Crippen MR) is 112 cm³/mol. The molecule has 1 saturated carbocycles. The summed E-state index contributed by atoms with van der Waals surface area (Å²) in [5.41, 5.74) is 6.16. The van der Waals surface area contributed by atoms with E-state index >= 15 is 4.39 Å². The van der Waals surface area contributed by atoms with Crippen molar-refractivity contribution >= 4 is 16.6 Å². The Morgan fingerprint density at radius 1 is 1.16 bits per heavy atom. The lowest BCUT2D eigenvalue weighted by atomic mass is 9.88. The second-order valence-corrected chi connectivity index (χ2v) is 9.15. The number of H-pyrrole nitrogens is 1. The zero-order chi connectivity index (χ0) is 22.2. The molecule has 2 aromatic rings. The standard InChI is InChI=1S/C22H25F3N4O2/c1-10-15-17(29(13-5-6-13)21(31)27-20(15)30)11(2)18(16(10)23)28-8-12-4-3-7-22(24,25)19(26)14(12)9-28/h3-4,12-14,19H,5-9,26H2,1-2H3,(H,27,30,31). The van der Waals surface area contributed by atoms with Crippen LogP contribution >= 0.6 is 0 Å². The van der Waals surface area contributed by atoms with Gasteiger partial charge in [0.1, 0.15) is 0 Å². The number of fused-ring (bicyclic) bond motifs is 2. The molecule has 1 aromatic heterocycles. The van der Waals surface area contributed by atoms with E-state index in [9.17, 15) is 18.4 Å². The van der Waals surface area contributed by atoms with Crippen LogP contribution in [-0.4, -0.2) is 34.6 Å². The van der Waals surface area contributed by atoms with Gasteiger partial charge in [0.15, 0.2) is 5.82 Å². The average molecular weight is 434 g/mol. The maximum Gasteiger partial charge on any atom is 0.329 e. The number of anilines is 1. The van der Waals surface area contributed by atoms with Crippen LogP contribution in [0.4, 0.5) is 18.9 Å². The number of aryl methyl sites for hydroxylation is 2. The molecule has 0 bridgehead atoms. The Morgan fingerprint density at radius 3 is 2.55 bits per heavy atom. The number of hydrogen-bond donors (Lipinski definition) is 2. The zero-order valence-corrected chi connectivity index (χ0v) is 17.4. The van der Waals surface area contributed by atoms with Gasteiger partial charge in [0.05, 0.1) is 22.6 Å². The lowest BCUT2D eigenvalue weighted by Crippen LogP contribution is -2.47. The van der Waals surface area contributed by atoms with Crippen LogP contribution in [0.25, 0.3) is 10.9 Å². The summed E-state index contributed by atoms with van der Waals surface area (Å²) in [5, 5.41) is 0.168. The summed E-state index contributed by atoms with van der Waals surface area (Å²) >= 11 is 0. The lowest BCUT2D eigenvalue weighted by Gasteiger charge is -2.29. The minimum Gasteiger partial charge on any atom is -0.368 e. The molecule has 1 saturated heterocycles. The molecule has 3 unspecified atom stereocenters. The van der Waals surface area contributed by atoms with Crippen LogP contribution in [0.3, 0.4) is 0 Å². The number of hydrogen-bond acceptors (Lipinski definition) is 4. The highest BCUT2D eigenvalue weighted by molar-refractivity contribution is 5.90. The molecule has 2 heterocycles. The monoisotopic (exact) mass is 434 g/mol. The summed E-state index contributed by atoms with van der Waals surface area (Å²) < 4.78 is 45.9. The number of allylic oxidation sites excluding steroid dienone is 1. The quantitative estimate of drug-likeness (QED) is 0.712. The Hall–Kier alpha value is -2.55. The Balaban J connectivity index is 1.69. The Labute approximate surface area is 176 Å². The number of aromatic amines is 1. The van der Waals surface area contributed by atoms with Gasteiger partial charge >= 0.3 is 5.69 Å². The molecule has 2 fully saturated rings. The minimum absolute atomic E-state index is 0.0250. The third kappa shape index (κ3) is 2.96. The summed E-state index contributed by atoms with van der Waals surface area (Å²) in [6.07, 6.45) is 4.47. The first kappa shape index (κ1) is 20.4. The maximum absolute atomic E-state index is 15.6. The highest BCUT2D eigenvalue weighted by Gasteiger charge is 2.48. The van der Waals surface area contributed by atoms with Gasteiger partial charge in [-0.1, -0.05) is 12.2 Å². The Morgan fingerprint density at radius 2 is 1.87 bits per heavy atom. The molecule has 9 heteroatoms. The fourth-order valence-corrected chi connectivity index (χ4v) is 5.36. The van der Waals surface area contributed by atoms with Gasteiger partial charge in [-0.3, -0.25) is 14.3 Å². The van der Waals surface area contributed by atoms with Crippen molar-refractivity contribution in [2.24, 2.45) is 17.6 Å². The molecule has 1 aromatic carbocycles. The molecule has 3 N–H and O–H groups in total. The van der Waals surface area contributed by atoms with Crippen molar-refractivity contribution < 1.29 is 13.2 Å². The van der Waals surface area contributed by atoms with Crippen LogP contribution in [0, 0.1) is 31.5 Å². The third-order valence-corrected chi connectivity index (χ3v) is 7.13. The van der Waals surface area contributed by atoms with Crippen molar-refractivity contribution in [3.8, 4) is 0 Å². The number of halogens is 3. The van der Waals surface area contributed by atoms with Crippen LogP contribution in [0.15, 0.2) is 21.7 Å². The van der Waals surface area contributed by atoms with Crippen molar-refractivity contribution in [1.29, 1.82) is 0 Å². The van der Waals surface area contributed by atoms with E-state index in [1.807, 2.05) is 0 Å². The predicted octanol–water partition coefficient (Wildman–Crippen LogP) is 2.76. The van der Waals surface area contributed by atoms with Gasteiger partial charge in [-0.05, 0) is 26.7 Å². The van der Waals surface area contributed by atoms with Gasteiger partial charge in [0, 0.05) is 48.5 Å². The SMILES string of the molecule is Cc1c(F)c(N2CC3C=CCC(F)(F)C(N)C3C2)c(C)c2c1c(=O)[nH]c(=O)n2C1CC1. The molecule has 3 atom stereocenters. The van der Waals surface area contributed by atoms with E-state index < -0.39 is 34.9 Å². The van der Waals surface area contributed by atoms with Crippen molar-refractivity contribution in [2.75, 3.05) is 18.0 Å². The molecule has 31 heavy (non-hydrogen) atoms. The van der Waals surface area contributed by atoms with E-state index in [0.29, 0.717) is 17.6 Å². The zero-order valence-electron chi connectivity index (χ0n) is 17.4. The summed E-state index contributed by atoms with van der Waals surface area (Å²) in [4.78, 5) is 29.2. The highest BCUT2D eigenvalue weighted by Crippen LogP contribution is 2.43. The van der Waals surface area contributed by atoms with E-state index in [2.05, 4.69) is 4.98 Å². The van der Waals surface area contributed by atoms with Gasteiger partial charge < -0.3 is 10.6 Å². The van der Waals surface area contributed by atoms with E-state index in [-0.39, 0.29) is 41.6 Å². The Kier molecular flexibility index (Phi) is 4.41. The number of benzene rings is 1. The molecule has 1 aliphatic heterocycles. The van der Waals surface area contributed by atoms with Gasteiger partial charge in [-0.15, -0.1) is 0 Å². The fourth-order valence-electron chi connectivity index (χ4n) is 5.36. The number of aromatic nitrogens is 2. The van der Waals surface area contributed by atoms with Gasteiger partial charge in [0.25, 0.3) is 11.5 Å². The van der Waals surface area contributed by atoms with Crippen LogP contribution < -0.4 is 21.9 Å². The first-order valence-electron chi connectivity index (χ1n) is 10.6. The smallest absolute Gasteiger partial charge is 0.329 e. The minimum atomic E-state index is -3.02. The number of nitrogens with two attached hydrogens (primary N) is 1. The Bertz CT molecular complexity index is 1230. The van der Waals surface area contributed by atoms with Crippen LogP contribution in [0.5, 0.6) is 0 Å². The number of nitrogens with zero attached hydrogens (tertiary/aromatic N) is 2. The number of nitrogens with one attached hydrogen (secondary N) is 1. The lowest BCUT2D eigenvalue weighted by molar-refractivity contribution is -0.0376. The fraction of sp³-hybridized carbons (Fsp3) is 0.545. The van der Waals surface area contributed by atoms with Crippen molar-refractivity contribution in [2.45, 2.75) is 51.1 Å². The number of alkyl halides is 2. The molecular formula is C22H25F3N4O2. The highest BCUT2D eigenvalue weighted by atomic mass is 19.3. The maximum atomic E-state index is 15.6. The van der Waals surface area contributed by atoms with Crippen LogP contribution in [0.2, 0.25) is 0 Å². The van der Waals surface area contributed by atoms with E-state index in [1.54, 1.807) is 22.5 Å². The second kappa shape index (κ2) is 6.72. The van der Waals surface area contributed by atoms with E-state index in [0.717, 1.165) is 12.8 Å². The third-order valence-electron chi connectivity index (χ3n) is 7.13. The normalized spacial score (nSPS) is 27.5.